The lowest BCUT2D eigenvalue weighted by atomic mass is 9.95. The Labute approximate surface area is 172 Å². The third-order valence-electron chi connectivity index (χ3n) is 5.03. The number of piperidine rings is 1. The second kappa shape index (κ2) is 9.01. The zero-order valence-electron chi connectivity index (χ0n) is 15.7. The van der Waals surface area contributed by atoms with E-state index in [1.54, 1.807) is 11.7 Å². The minimum atomic E-state index is -0.0816. The van der Waals surface area contributed by atoms with Crippen molar-refractivity contribution >= 4 is 28.5 Å². The molecule has 1 amide bonds. The fourth-order valence-corrected chi connectivity index (χ4v) is 4.14. The zero-order chi connectivity index (χ0) is 19.4. The molecule has 0 atom stereocenters. The van der Waals surface area contributed by atoms with Gasteiger partial charge in [0.15, 0.2) is 0 Å². The molecule has 3 rings (SSSR count). The largest absolute Gasteiger partial charge is 0.383 e. The minimum absolute atomic E-state index is 0.0805. The van der Waals surface area contributed by atoms with E-state index in [4.69, 9.17) is 4.74 Å². The molecule has 1 saturated heterocycles. The van der Waals surface area contributed by atoms with Crippen LogP contribution < -0.4 is 5.69 Å². The van der Waals surface area contributed by atoms with E-state index in [1.807, 2.05) is 36.1 Å². The average molecular weight is 484 g/mol. The molecule has 0 radical (unpaired) electrons. The molecule has 7 nitrogen and oxygen atoms in total. The second-order valence-corrected chi connectivity index (χ2v) is 7.81. The van der Waals surface area contributed by atoms with Gasteiger partial charge in [0.2, 0.25) is 0 Å². The maximum Gasteiger partial charge on any atom is 0.345 e. The summed E-state index contributed by atoms with van der Waals surface area (Å²) in [6.45, 7) is 4.84. The van der Waals surface area contributed by atoms with Crippen LogP contribution in [0.3, 0.4) is 0 Å². The summed E-state index contributed by atoms with van der Waals surface area (Å²) in [4.78, 5) is 27.2. The van der Waals surface area contributed by atoms with Gasteiger partial charge in [0.05, 0.1) is 18.7 Å². The van der Waals surface area contributed by atoms with E-state index in [1.165, 1.54) is 4.68 Å². The number of carbonyl (C=O) groups excluding carboxylic acids is 1. The molecule has 2 aromatic rings. The Bertz CT molecular complexity index is 853. The summed E-state index contributed by atoms with van der Waals surface area (Å²) in [6, 6.07) is 7.67. The number of amides is 1. The SMILES string of the molecule is CCn1c(C2CCN(C(=O)c3ccccc3I)CC2)nn(CCOC)c1=O. The number of likely N-dealkylation sites (tertiary alicyclic amines) is 1. The Balaban J connectivity index is 1.71. The highest BCUT2D eigenvalue weighted by Gasteiger charge is 2.29. The first-order valence-electron chi connectivity index (χ1n) is 9.27. The highest BCUT2D eigenvalue weighted by molar-refractivity contribution is 14.1. The van der Waals surface area contributed by atoms with Gasteiger partial charge in [-0.15, -0.1) is 0 Å². The number of halogens is 1. The minimum Gasteiger partial charge on any atom is -0.383 e. The van der Waals surface area contributed by atoms with Gasteiger partial charge in [-0.25, -0.2) is 9.48 Å². The molecular weight excluding hydrogens is 459 g/mol. The average Bonchev–Trinajstić information content (AvgIpc) is 3.01. The van der Waals surface area contributed by atoms with Gasteiger partial charge in [-0.1, -0.05) is 12.1 Å². The van der Waals surface area contributed by atoms with Gasteiger partial charge >= 0.3 is 5.69 Å². The van der Waals surface area contributed by atoms with E-state index in [2.05, 4.69) is 27.7 Å². The van der Waals surface area contributed by atoms with Crippen LogP contribution in [0.1, 0.15) is 41.9 Å². The first kappa shape index (κ1) is 20.1. The lowest BCUT2D eigenvalue weighted by Crippen LogP contribution is -2.39. The lowest BCUT2D eigenvalue weighted by Gasteiger charge is -2.31. The van der Waals surface area contributed by atoms with Crippen LogP contribution in [0.4, 0.5) is 0 Å². The fraction of sp³-hybridized carbons (Fsp3) is 0.526. The van der Waals surface area contributed by atoms with Crippen molar-refractivity contribution in [2.45, 2.75) is 38.8 Å². The molecule has 1 aliphatic rings. The van der Waals surface area contributed by atoms with Crippen LogP contribution in [0, 0.1) is 3.57 Å². The van der Waals surface area contributed by atoms with Gasteiger partial charge in [-0.2, -0.15) is 5.10 Å². The third-order valence-corrected chi connectivity index (χ3v) is 5.97. The highest BCUT2D eigenvalue weighted by Crippen LogP contribution is 2.27. The molecule has 0 bridgehead atoms. The van der Waals surface area contributed by atoms with Crippen molar-refractivity contribution in [1.29, 1.82) is 0 Å². The van der Waals surface area contributed by atoms with Crippen LogP contribution in [-0.2, 0) is 17.8 Å². The number of hydrogen-bond acceptors (Lipinski definition) is 4. The molecule has 1 aromatic carbocycles. The number of aromatic nitrogens is 3. The number of rotatable bonds is 6. The predicted octanol–water partition coefficient (Wildman–Crippen LogP) is 2.34. The van der Waals surface area contributed by atoms with E-state index in [0.717, 1.165) is 27.8 Å². The Morgan fingerprint density at radius 3 is 2.63 bits per heavy atom. The zero-order valence-corrected chi connectivity index (χ0v) is 17.9. The van der Waals surface area contributed by atoms with E-state index in [0.29, 0.717) is 32.8 Å². The maximum absolute atomic E-state index is 12.8. The molecule has 0 unspecified atom stereocenters. The summed E-state index contributed by atoms with van der Waals surface area (Å²) < 4.78 is 9.28. The van der Waals surface area contributed by atoms with Crippen LogP contribution in [-0.4, -0.2) is 52.0 Å². The van der Waals surface area contributed by atoms with E-state index >= 15 is 0 Å². The van der Waals surface area contributed by atoms with Gasteiger partial charge < -0.3 is 9.64 Å². The molecule has 0 spiro atoms. The van der Waals surface area contributed by atoms with Crippen molar-refractivity contribution < 1.29 is 9.53 Å². The first-order valence-corrected chi connectivity index (χ1v) is 10.3. The van der Waals surface area contributed by atoms with Gasteiger partial charge in [0.25, 0.3) is 5.91 Å². The quantitative estimate of drug-likeness (QED) is 0.591. The number of ether oxygens (including phenoxy) is 1. The van der Waals surface area contributed by atoms with Crippen molar-refractivity contribution in [2.75, 3.05) is 26.8 Å². The summed E-state index contributed by atoms with van der Waals surface area (Å²) in [5.74, 6) is 1.11. The standard InChI is InChI=1S/C19H25IN4O3/c1-3-23-17(21-24(19(23)26)12-13-27-2)14-8-10-22(11-9-14)18(25)15-6-4-5-7-16(15)20/h4-7,14H,3,8-13H2,1-2H3. The Kier molecular flexibility index (Phi) is 6.69. The van der Waals surface area contributed by atoms with Gasteiger partial charge in [0.1, 0.15) is 5.82 Å². The Morgan fingerprint density at radius 1 is 1.30 bits per heavy atom. The Morgan fingerprint density at radius 2 is 2.00 bits per heavy atom. The Hall–Kier alpha value is -1.68. The number of hydrogen-bond donors (Lipinski definition) is 0. The van der Waals surface area contributed by atoms with Gasteiger partial charge in [-0.05, 0) is 54.5 Å². The van der Waals surface area contributed by atoms with Crippen molar-refractivity contribution in [3.63, 3.8) is 0 Å². The molecule has 0 saturated carbocycles. The number of methoxy groups -OCH3 is 1. The topological polar surface area (TPSA) is 69.4 Å². The molecule has 1 aromatic heterocycles. The van der Waals surface area contributed by atoms with Crippen LogP contribution in [0.5, 0.6) is 0 Å². The highest BCUT2D eigenvalue weighted by atomic mass is 127. The van der Waals surface area contributed by atoms with Gasteiger partial charge in [0, 0.05) is 36.2 Å². The predicted molar refractivity (Wildman–Crippen MR) is 111 cm³/mol. The molecule has 8 heteroatoms. The molecule has 0 aliphatic carbocycles. The maximum atomic E-state index is 12.8. The van der Waals surface area contributed by atoms with E-state index in [-0.39, 0.29) is 17.5 Å². The summed E-state index contributed by atoms with van der Waals surface area (Å²) in [5, 5.41) is 4.57. The van der Waals surface area contributed by atoms with Gasteiger partial charge in [-0.3, -0.25) is 9.36 Å². The molecule has 146 valence electrons. The first-order chi connectivity index (χ1) is 13.1. The second-order valence-electron chi connectivity index (χ2n) is 6.65. The van der Waals surface area contributed by atoms with Crippen LogP contribution >= 0.6 is 22.6 Å². The smallest absolute Gasteiger partial charge is 0.345 e. The van der Waals surface area contributed by atoms with E-state index in [9.17, 15) is 9.59 Å². The van der Waals surface area contributed by atoms with E-state index < -0.39 is 0 Å². The third kappa shape index (κ3) is 4.26. The molecule has 2 heterocycles. The summed E-state index contributed by atoms with van der Waals surface area (Å²) >= 11 is 2.20. The van der Waals surface area contributed by atoms with Crippen LogP contribution in [0.25, 0.3) is 0 Å². The van der Waals surface area contributed by atoms with Crippen LogP contribution in [0.15, 0.2) is 29.1 Å². The summed E-state index contributed by atoms with van der Waals surface area (Å²) in [5.41, 5.74) is 0.674. The molecule has 0 N–H and O–H groups in total. The van der Waals surface area contributed by atoms with Crippen molar-refractivity contribution in [3.05, 3.63) is 49.7 Å². The molecule has 1 aliphatic heterocycles. The molecule has 1 fully saturated rings. The number of benzene rings is 1. The monoisotopic (exact) mass is 484 g/mol. The number of nitrogens with zero attached hydrogens (tertiary/aromatic N) is 4. The van der Waals surface area contributed by atoms with Crippen molar-refractivity contribution in [2.24, 2.45) is 0 Å². The lowest BCUT2D eigenvalue weighted by molar-refractivity contribution is 0.0709. The van der Waals surface area contributed by atoms with Crippen molar-refractivity contribution in [1.82, 2.24) is 19.2 Å². The fourth-order valence-electron chi connectivity index (χ4n) is 3.53. The number of carbonyl (C=O) groups is 1. The summed E-state index contributed by atoms with van der Waals surface area (Å²) in [7, 11) is 1.61. The molecular formula is C19H25IN4O3. The van der Waals surface area contributed by atoms with Crippen LogP contribution in [0.2, 0.25) is 0 Å². The summed E-state index contributed by atoms with van der Waals surface area (Å²) in [6.07, 6.45) is 1.63. The normalized spacial score (nSPS) is 15.3. The molecule has 27 heavy (non-hydrogen) atoms. The van der Waals surface area contributed by atoms with Crippen molar-refractivity contribution in [3.8, 4) is 0 Å².